The van der Waals surface area contributed by atoms with Gasteiger partial charge in [-0.1, -0.05) is 30.3 Å². The van der Waals surface area contributed by atoms with E-state index in [2.05, 4.69) is 10.3 Å². The lowest BCUT2D eigenvalue weighted by Crippen LogP contribution is -2.36. The molecule has 0 saturated carbocycles. The lowest BCUT2D eigenvalue weighted by atomic mass is 10.1. The van der Waals surface area contributed by atoms with Crippen molar-refractivity contribution in [3.8, 4) is 5.75 Å². The van der Waals surface area contributed by atoms with Crippen LogP contribution in [-0.2, 0) is 11.3 Å². The highest BCUT2D eigenvalue weighted by Crippen LogP contribution is 2.20. The highest BCUT2D eigenvalue weighted by molar-refractivity contribution is 5.83. The molecule has 0 aliphatic carbocycles. The van der Waals surface area contributed by atoms with Gasteiger partial charge in [0.1, 0.15) is 18.9 Å². The number of rotatable bonds is 6. The molecule has 1 aromatic heterocycles. The molecule has 0 atom stereocenters. The predicted octanol–water partition coefficient (Wildman–Crippen LogP) is 0.885. The zero-order valence-electron chi connectivity index (χ0n) is 13.4. The van der Waals surface area contributed by atoms with Gasteiger partial charge in [-0.3, -0.25) is 19.1 Å². The standard InChI is InChI=1S/C18H17N3O4/c22-16-7-9-21(18(24)20-16)12-17(23)19-8-10-25-15-6-5-13-3-1-2-4-14(13)11-15/h1-7,9,11H,8,10,12H2,(H,19,23)(H,20,22,24). The molecule has 128 valence electrons. The van der Waals surface area contributed by atoms with E-state index >= 15 is 0 Å². The average Bonchev–Trinajstić information content (AvgIpc) is 2.61. The fourth-order valence-corrected chi connectivity index (χ4v) is 2.40. The van der Waals surface area contributed by atoms with Crippen LogP contribution in [0.1, 0.15) is 0 Å². The van der Waals surface area contributed by atoms with Crippen molar-refractivity contribution in [2.45, 2.75) is 6.54 Å². The van der Waals surface area contributed by atoms with Crippen LogP contribution in [0.3, 0.4) is 0 Å². The Kier molecular flexibility index (Phi) is 4.94. The van der Waals surface area contributed by atoms with E-state index in [0.717, 1.165) is 21.1 Å². The highest BCUT2D eigenvalue weighted by atomic mass is 16.5. The third kappa shape index (κ3) is 4.35. The first kappa shape index (κ1) is 16.5. The topological polar surface area (TPSA) is 93.2 Å². The van der Waals surface area contributed by atoms with E-state index in [9.17, 15) is 14.4 Å². The van der Waals surface area contributed by atoms with Gasteiger partial charge in [0.2, 0.25) is 5.91 Å². The van der Waals surface area contributed by atoms with E-state index in [1.165, 1.54) is 12.3 Å². The molecule has 0 aliphatic heterocycles. The van der Waals surface area contributed by atoms with E-state index in [-0.39, 0.29) is 12.5 Å². The van der Waals surface area contributed by atoms with Gasteiger partial charge in [0.15, 0.2) is 0 Å². The number of hydrogen-bond donors (Lipinski definition) is 2. The fraction of sp³-hybridized carbons (Fsp3) is 0.167. The van der Waals surface area contributed by atoms with E-state index in [1.807, 2.05) is 42.5 Å². The van der Waals surface area contributed by atoms with E-state index in [4.69, 9.17) is 4.74 Å². The fourth-order valence-electron chi connectivity index (χ4n) is 2.40. The largest absolute Gasteiger partial charge is 0.492 e. The molecule has 0 spiro atoms. The van der Waals surface area contributed by atoms with Gasteiger partial charge >= 0.3 is 5.69 Å². The van der Waals surface area contributed by atoms with Crippen LogP contribution in [0, 0.1) is 0 Å². The van der Waals surface area contributed by atoms with Crippen LogP contribution in [0.25, 0.3) is 10.8 Å². The molecule has 0 aliphatic rings. The Balaban J connectivity index is 1.48. The Morgan fingerprint density at radius 2 is 1.88 bits per heavy atom. The number of carbonyl (C=O) groups is 1. The van der Waals surface area contributed by atoms with Gasteiger partial charge in [-0.15, -0.1) is 0 Å². The Bertz CT molecular complexity index is 1010. The summed E-state index contributed by atoms with van der Waals surface area (Å²) in [5, 5.41) is 4.88. The second kappa shape index (κ2) is 7.48. The SMILES string of the molecule is O=C(Cn1ccc(=O)[nH]c1=O)NCCOc1ccc2ccccc2c1. The normalized spacial score (nSPS) is 10.6. The van der Waals surface area contributed by atoms with Crippen molar-refractivity contribution in [1.82, 2.24) is 14.9 Å². The Morgan fingerprint density at radius 1 is 1.08 bits per heavy atom. The third-order valence-corrected chi connectivity index (χ3v) is 3.62. The zero-order chi connectivity index (χ0) is 17.6. The summed E-state index contributed by atoms with van der Waals surface area (Å²) in [5.74, 6) is 0.390. The molecule has 0 saturated heterocycles. The number of fused-ring (bicyclic) bond motifs is 1. The number of aromatic amines is 1. The number of benzene rings is 2. The number of amides is 1. The van der Waals surface area contributed by atoms with E-state index in [0.29, 0.717) is 13.2 Å². The molecule has 0 unspecified atom stereocenters. The molecule has 0 bridgehead atoms. The van der Waals surface area contributed by atoms with Crippen molar-refractivity contribution < 1.29 is 9.53 Å². The minimum atomic E-state index is -0.616. The number of carbonyl (C=O) groups excluding carboxylic acids is 1. The maximum absolute atomic E-state index is 11.8. The van der Waals surface area contributed by atoms with Crippen molar-refractivity contribution in [3.05, 3.63) is 75.6 Å². The molecule has 0 radical (unpaired) electrons. The van der Waals surface area contributed by atoms with Crippen LogP contribution in [0.4, 0.5) is 0 Å². The molecule has 1 amide bonds. The summed E-state index contributed by atoms with van der Waals surface area (Å²) in [6.07, 6.45) is 1.28. The van der Waals surface area contributed by atoms with Gasteiger partial charge in [-0.05, 0) is 22.9 Å². The van der Waals surface area contributed by atoms with Crippen LogP contribution < -0.4 is 21.3 Å². The Hall–Kier alpha value is -3.35. The average molecular weight is 339 g/mol. The Labute approximate surface area is 142 Å². The van der Waals surface area contributed by atoms with E-state index in [1.54, 1.807) is 0 Å². The van der Waals surface area contributed by atoms with Crippen molar-refractivity contribution in [2.75, 3.05) is 13.2 Å². The molecule has 1 heterocycles. The molecule has 3 rings (SSSR count). The molecule has 0 fully saturated rings. The molecular weight excluding hydrogens is 322 g/mol. The second-order valence-corrected chi connectivity index (χ2v) is 5.45. The van der Waals surface area contributed by atoms with Crippen molar-refractivity contribution >= 4 is 16.7 Å². The first-order chi connectivity index (χ1) is 12.1. The molecule has 2 aromatic carbocycles. The van der Waals surface area contributed by atoms with Crippen molar-refractivity contribution in [3.63, 3.8) is 0 Å². The summed E-state index contributed by atoms with van der Waals surface area (Å²) < 4.78 is 6.75. The summed E-state index contributed by atoms with van der Waals surface area (Å²) in [7, 11) is 0. The minimum absolute atomic E-state index is 0.161. The maximum Gasteiger partial charge on any atom is 0.328 e. The lowest BCUT2D eigenvalue weighted by molar-refractivity contribution is -0.121. The van der Waals surface area contributed by atoms with Crippen molar-refractivity contribution in [1.29, 1.82) is 0 Å². The summed E-state index contributed by atoms with van der Waals surface area (Å²) in [6, 6.07) is 15.0. The smallest absolute Gasteiger partial charge is 0.328 e. The summed E-state index contributed by atoms with van der Waals surface area (Å²) >= 11 is 0. The highest BCUT2D eigenvalue weighted by Gasteiger charge is 2.04. The zero-order valence-corrected chi connectivity index (χ0v) is 13.4. The van der Waals surface area contributed by atoms with Crippen LogP contribution in [-0.4, -0.2) is 28.6 Å². The van der Waals surface area contributed by atoms with Crippen LogP contribution in [0.15, 0.2) is 64.3 Å². The van der Waals surface area contributed by atoms with Gasteiger partial charge in [-0.25, -0.2) is 4.79 Å². The number of nitrogens with one attached hydrogen (secondary N) is 2. The monoisotopic (exact) mass is 339 g/mol. The summed E-state index contributed by atoms with van der Waals surface area (Å²) in [6.45, 7) is 0.458. The number of hydrogen-bond acceptors (Lipinski definition) is 4. The molecule has 7 nitrogen and oxygen atoms in total. The van der Waals surface area contributed by atoms with Crippen molar-refractivity contribution in [2.24, 2.45) is 0 Å². The predicted molar refractivity (Wildman–Crippen MR) is 93.8 cm³/mol. The van der Waals surface area contributed by atoms with Crippen LogP contribution in [0.2, 0.25) is 0 Å². The summed E-state index contributed by atoms with van der Waals surface area (Å²) in [5.41, 5.74) is -1.11. The van der Waals surface area contributed by atoms with Gasteiger partial charge in [0, 0.05) is 12.3 Å². The number of nitrogens with zero attached hydrogens (tertiary/aromatic N) is 1. The van der Waals surface area contributed by atoms with Crippen LogP contribution >= 0.6 is 0 Å². The Morgan fingerprint density at radius 3 is 2.68 bits per heavy atom. The van der Waals surface area contributed by atoms with E-state index < -0.39 is 11.2 Å². The third-order valence-electron chi connectivity index (χ3n) is 3.62. The second-order valence-electron chi connectivity index (χ2n) is 5.45. The first-order valence-electron chi connectivity index (χ1n) is 7.80. The molecular formula is C18H17N3O4. The number of H-pyrrole nitrogens is 1. The number of ether oxygens (including phenoxy) is 1. The molecule has 7 heteroatoms. The maximum atomic E-state index is 11.8. The number of aromatic nitrogens is 2. The first-order valence-corrected chi connectivity index (χ1v) is 7.80. The molecule has 2 N–H and O–H groups in total. The molecule has 25 heavy (non-hydrogen) atoms. The quantitative estimate of drug-likeness (QED) is 0.652. The molecule has 3 aromatic rings. The summed E-state index contributed by atoms with van der Waals surface area (Å²) in [4.78, 5) is 36.4. The minimum Gasteiger partial charge on any atom is -0.492 e. The lowest BCUT2D eigenvalue weighted by Gasteiger charge is -2.09. The van der Waals surface area contributed by atoms with Gasteiger partial charge < -0.3 is 10.1 Å². The van der Waals surface area contributed by atoms with Gasteiger partial charge in [0.05, 0.1) is 6.54 Å². The van der Waals surface area contributed by atoms with Crippen LogP contribution in [0.5, 0.6) is 5.75 Å². The van der Waals surface area contributed by atoms with Gasteiger partial charge in [0.25, 0.3) is 5.56 Å². The van der Waals surface area contributed by atoms with Gasteiger partial charge in [-0.2, -0.15) is 0 Å².